The molecule has 1 fully saturated rings. The third-order valence-corrected chi connectivity index (χ3v) is 4.84. The molecular formula is C12H20N2S2. The van der Waals surface area contributed by atoms with Crippen molar-refractivity contribution in [2.24, 2.45) is 5.73 Å². The van der Waals surface area contributed by atoms with E-state index >= 15 is 0 Å². The van der Waals surface area contributed by atoms with Crippen molar-refractivity contribution in [1.29, 1.82) is 0 Å². The first-order valence-corrected chi connectivity index (χ1v) is 8.02. The van der Waals surface area contributed by atoms with Crippen molar-refractivity contribution in [2.75, 3.05) is 24.6 Å². The van der Waals surface area contributed by atoms with Gasteiger partial charge < -0.3 is 5.73 Å². The number of hydrogen-bond acceptors (Lipinski definition) is 4. The lowest BCUT2D eigenvalue weighted by Gasteiger charge is -2.37. The van der Waals surface area contributed by atoms with Gasteiger partial charge in [-0.15, -0.1) is 0 Å². The molecule has 2 unspecified atom stereocenters. The molecule has 0 amide bonds. The normalized spacial score (nSPS) is 21.9. The summed E-state index contributed by atoms with van der Waals surface area (Å²) in [6.45, 7) is 4.54. The quantitative estimate of drug-likeness (QED) is 0.898. The van der Waals surface area contributed by atoms with E-state index in [9.17, 15) is 0 Å². The molecule has 1 aliphatic heterocycles. The van der Waals surface area contributed by atoms with Crippen LogP contribution >= 0.6 is 23.1 Å². The van der Waals surface area contributed by atoms with E-state index in [0.717, 1.165) is 6.42 Å². The molecule has 2 heterocycles. The Labute approximate surface area is 106 Å². The first-order chi connectivity index (χ1) is 7.83. The van der Waals surface area contributed by atoms with Crippen LogP contribution in [0.3, 0.4) is 0 Å². The predicted molar refractivity (Wildman–Crippen MR) is 74.2 cm³/mol. The van der Waals surface area contributed by atoms with E-state index in [4.69, 9.17) is 5.73 Å². The minimum atomic E-state index is 0.262. The van der Waals surface area contributed by atoms with Crippen molar-refractivity contribution in [3.8, 4) is 0 Å². The van der Waals surface area contributed by atoms with Gasteiger partial charge in [-0.05, 0) is 28.8 Å². The summed E-state index contributed by atoms with van der Waals surface area (Å²) in [6.07, 6.45) is 1.05. The highest BCUT2D eigenvalue weighted by Gasteiger charge is 2.27. The standard InChI is InChI=1S/C12H20N2S2/c1-2-11(13)12(10-3-6-16-9-10)14-4-7-15-8-5-14/h3,6,9,11-12H,2,4-5,7-8,13H2,1H3. The Bertz CT molecular complexity index is 294. The van der Waals surface area contributed by atoms with Crippen molar-refractivity contribution in [3.05, 3.63) is 22.4 Å². The zero-order chi connectivity index (χ0) is 11.4. The second-order valence-electron chi connectivity index (χ2n) is 4.22. The third kappa shape index (κ3) is 2.80. The maximum absolute atomic E-state index is 6.30. The van der Waals surface area contributed by atoms with Gasteiger partial charge in [0.15, 0.2) is 0 Å². The summed E-state index contributed by atoms with van der Waals surface area (Å²) in [5.41, 5.74) is 7.70. The van der Waals surface area contributed by atoms with Gasteiger partial charge >= 0.3 is 0 Å². The topological polar surface area (TPSA) is 29.3 Å². The number of rotatable bonds is 4. The molecule has 1 saturated heterocycles. The highest BCUT2D eigenvalue weighted by molar-refractivity contribution is 7.99. The van der Waals surface area contributed by atoms with E-state index in [1.807, 2.05) is 0 Å². The molecule has 0 bridgehead atoms. The van der Waals surface area contributed by atoms with Gasteiger partial charge in [0.25, 0.3) is 0 Å². The van der Waals surface area contributed by atoms with Gasteiger partial charge in [0.2, 0.25) is 0 Å². The van der Waals surface area contributed by atoms with E-state index in [1.54, 1.807) is 11.3 Å². The first kappa shape index (κ1) is 12.4. The number of nitrogens with zero attached hydrogens (tertiary/aromatic N) is 1. The lowest BCUT2D eigenvalue weighted by atomic mass is 9.99. The molecule has 0 radical (unpaired) electrons. The Morgan fingerprint density at radius 3 is 2.75 bits per heavy atom. The van der Waals surface area contributed by atoms with E-state index in [1.165, 1.54) is 30.2 Å². The van der Waals surface area contributed by atoms with Gasteiger partial charge in [-0.2, -0.15) is 23.1 Å². The average molecular weight is 256 g/mol. The summed E-state index contributed by atoms with van der Waals surface area (Å²) in [4.78, 5) is 2.56. The molecule has 4 heteroatoms. The van der Waals surface area contributed by atoms with Gasteiger partial charge in [0.1, 0.15) is 0 Å². The van der Waals surface area contributed by atoms with Crippen molar-refractivity contribution in [2.45, 2.75) is 25.4 Å². The molecule has 1 aromatic rings. The van der Waals surface area contributed by atoms with E-state index in [2.05, 4.69) is 40.4 Å². The smallest absolute Gasteiger partial charge is 0.0507 e. The Balaban J connectivity index is 2.13. The molecule has 2 N–H and O–H groups in total. The largest absolute Gasteiger partial charge is 0.326 e. The van der Waals surface area contributed by atoms with E-state index in [0.29, 0.717) is 6.04 Å². The molecule has 16 heavy (non-hydrogen) atoms. The fraction of sp³-hybridized carbons (Fsp3) is 0.667. The third-order valence-electron chi connectivity index (χ3n) is 3.20. The summed E-state index contributed by atoms with van der Waals surface area (Å²) in [6, 6.07) is 2.92. The van der Waals surface area contributed by atoms with Crippen LogP contribution in [0.2, 0.25) is 0 Å². The van der Waals surface area contributed by atoms with Gasteiger partial charge in [0.05, 0.1) is 6.04 Å². The van der Waals surface area contributed by atoms with Gasteiger partial charge in [-0.3, -0.25) is 4.90 Å². The monoisotopic (exact) mass is 256 g/mol. The fourth-order valence-corrected chi connectivity index (χ4v) is 3.87. The van der Waals surface area contributed by atoms with Crippen molar-refractivity contribution < 1.29 is 0 Å². The Morgan fingerprint density at radius 2 is 2.19 bits per heavy atom. The molecular weight excluding hydrogens is 236 g/mol. The van der Waals surface area contributed by atoms with Crippen LogP contribution < -0.4 is 5.73 Å². The van der Waals surface area contributed by atoms with Crippen LogP contribution in [-0.4, -0.2) is 35.5 Å². The summed E-state index contributed by atoms with van der Waals surface area (Å²) in [5.74, 6) is 2.49. The van der Waals surface area contributed by atoms with Gasteiger partial charge in [0, 0.05) is 30.6 Å². The minimum absolute atomic E-state index is 0.262. The van der Waals surface area contributed by atoms with Crippen molar-refractivity contribution >= 4 is 23.1 Å². The van der Waals surface area contributed by atoms with Crippen LogP contribution in [0.1, 0.15) is 24.9 Å². The van der Waals surface area contributed by atoms with E-state index in [-0.39, 0.29) is 6.04 Å². The van der Waals surface area contributed by atoms with Crippen LogP contribution in [-0.2, 0) is 0 Å². The highest BCUT2D eigenvalue weighted by Crippen LogP contribution is 2.29. The van der Waals surface area contributed by atoms with Crippen LogP contribution in [0.4, 0.5) is 0 Å². The zero-order valence-corrected chi connectivity index (χ0v) is 11.4. The van der Waals surface area contributed by atoms with Crippen LogP contribution in [0, 0.1) is 0 Å². The van der Waals surface area contributed by atoms with Crippen LogP contribution in [0.25, 0.3) is 0 Å². The summed E-state index contributed by atoms with van der Waals surface area (Å²) in [5, 5.41) is 4.41. The number of thioether (sulfide) groups is 1. The Morgan fingerprint density at radius 1 is 1.44 bits per heavy atom. The molecule has 0 spiro atoms. The molecule has 0 aliphatic carbocycles. The van der Waals surface area contributed by atoms with Crippen LogP contribution in [0.5, 0.6) is 0 Å². The van der Waals surface area contributed by atoms with Gasteiger partial charge in [-0.1, -0.05) is 6.92 Å². The van der Waals surface area contributed by atoms with Crippen molar-refractivity contribution in [1.82, 2.24) is 4.90 Å². The summed E-state index contributed by atoms with van der Waals surface area (Å²) < 4.78 is 0. The molecule has 90 valence electrons. The number of thiophene rings is 1. The second kappa shape index (κ2) is 6.05. The number of hydrogen-bond donors (Lipinski definition) is 1. The second-order valence-corrected chi connectivity index (χ2v) is 6.23. The van der Waals surface area contributed by atoms with E-state index < -0.39 is 0 Å². The number of nitrogens with two attached hydrogens (primary N) is 1. The van der Waals surface area contributed by atoms with Crippen molar-refractivity contribution in [3.63, 3.8) is 0 Å². The lowest BCUT2D eigenvalue weighted by Crippen LogP contribution is -2.44. The SMILES string of the molecule is CCC(N)C(c1ccsc1)N1CCSCC1. The molecule has 0 aromatic carbocycles. The molecule has 2 nitrogen and oxygen atoms in total. The highest BCUT2D eigenvalue weighted by atomic mass is 32.2. The Hall–Kier alpha value is -0.0300. The molecule has 2 rings (SSSR count). The molecule has 1 aliphatic rings. The van der Waals surface area contributed by atoms with Crippen LogP contribution in [0.15, 0.2) is 16.8 Å². The molecule has 1 aromatic heterocycles. The average Bonchev–Trinajstić information content (AvgIpc) is 2.84. The Kier molecular flexibility index (Phi) is 4.70. The maximum Gasteiger partial charge on any atom is 0.0507 e. The lowest BCUT2D eigenvalue weighted by molar-refractivity contribution is 0.187. The zero-order valence-electron chi connectivity index (χ0n) is 9.76. The predicted octanol–water partition coefficient (Wildman–Crippen LogP) is 2.58. The maximum atomic E-state index is 6.30. The summed E-state index contributed by atoms with van der Waals surface area (Å²) >= 11 is 3.83. The molecule has 2 atom stereocenters. The fourth-order valence-electron chi connectivity index (χ4n) is 2.25. The minimum Gasteiger partial charge on any atom is -0.326 e. The first-order valence-electron chi connectivity index (χ1n) is 5.92. The van der Waals surface area contributed by atoms with Gasteiger partial charge in [-0.25, -0.2) is 0 Å². The summed E-state index contributed by atoms with van der Waals surface area (Å²) in [7, 11) is 0. The molecule has 0 saturated carbocycles.